The minimum absolute atomic E-state index is 0. The lowest BCUT2D eigenvalue weighted by Gasteiger charge is -2.28. The Bertz CT molecular complexity index is 483. The summed E-state index contributed by atoms with van der Waals surface area (Å²) in [6.07, 6.45) is 7.90. The Kier molecular flexibility index (Phi) is 8.98. The van der Waals surface area contributed by atoms with Crippen molar-refractivity contribution < 1.29 is 5.11 Å². The first-order valence-corrected chi connectivity index (χ1v) is 8.32. The molecule has 0 saturated heterocycles. The molecule has 1 fully saturated rings. The quantitative estimate of drug-likeness (QED) is 0.426. The maximum Gasteiger partial charge on any atom is 0.193 e. The molecule has 1 aromatic rings. The van der Waals surface area contributed by atoms with Crippen LogP contribution in [0.25, 0.3) is 0 Å². The highest BCUT2D eigenvalue weighted by molar-refractivity contribution is 14.0. The summed E-state index contributed by atoms with van der Waals surface area (Å²) in [4.78, 5) is 6.41. The van der Waals surface area contributed by atoms with E-state index in [9.17, 15) is 5.11 Å². The molecular weight excluding hydrogens is 403 g/mol. The molecule has 0 aliphatic heterocycles. The molecule has 1 aromatic heterocycles. The van der Waals surface area contributed by atoms with Crippen LogP contribution in [0.3, 0.4) is 0 Å². The summed E-state index contributed by atoms with van der Waals surface area (Å²) >= 11 is 0. The van der Waals surface area contributed by atoms with Crippen LogP contribution in [0.15, 0.2) is 23.3 Å². The smallest absolute Gasteiger partial charge is 0.193 e. The predicted octanol–water partition coefficient (Wildman–Crippen LogP) is 2.59. The third-order valence-electron chi connectivity index (χ3n) is 4.69. The molecule has 1 saturated carbocycles. The van der Waals surface area contributed by atoms with E-state index >= 15 is 0 Å². The van der Waals surface area contributed by atoms with Crippen LogP contribution in [-0.4, -0.2) is 47.3 Å². The number of hydrogen-bond acceptors (Lipinski definition) is 2. The van der Waals surface area contributed by atoms with Gasteiger partial charge in [-0.15, -0.1) is 24.0 Å². The first kappa shape index (κ1) is 20.3. The van der Waals surface area contributed by atoms with E-state index in [1.807, 2.05) is 26.4 Å². The zero-order valence-corrected chi connectivity index (χ0v) is 16.9. The summed E-state index contributed by atoms with van der Waals surface area (Å²) in [7, 11) is 5.86. The Labute approximate surface area is 157 Å². The van der Waals surface area contributed by atoms with E-state index in [4.69, 9.17) is 0 Å². The van der Waals surface area contributed by atoms with E-state index < -0.39 is 0 Å². The molecule has 6 heteroatoms. The second-order valence-corrected chi connectivity index (χ2v) is 6.36. The van der Waals surface area contributed by atoms with Crippen LogP contribution in [0.5, 0.6) is 0 Å². The standard InChI is InChI=1S/C17H30N4O.HI/c1-18-17(21(3)13-15-10-7-11-20(15)2)19-12-16(22)14-8-5-4-6-9-14;/h7,10-11,14,16,22H,4-6,8-9,12-13H2,1-3H3,(H,18,19);1H. The lowest BCUT2D eigenvalue weighted by molar-refractivity contribution is 0.0874. The molecule has 0 spiro atoms. The predicted molar refractivity (Wildman–Crippen MR) is 106 cm³/mol. The molecule has 1 aliphatic carbocycles. The molecular formula is C17H31IN4O. The maximum absolute atomic E-state index is 10.4. The SMILES string of the molecule is CN=C(NCC(O)C1CCCCC1)N(C)Cc1cccn1C.I. The summed E-state index contributed by atoms with van der Waals surface area (Å²) < 4.78 is 2.11. The van der Waals surface area contributed by atoms with Gasteiger partial charge in [-0.3, -0.25) is 4.99 Å². The fourth-order valence-corrected chi connectivity index (χ4v) is 3.24. The fourth-order valence-electron chi connectivity index (χ4n) is 3.24. The van der Waals surface area contributed by atoms with Crippen molar-refractivity contribution >= 4 is 29.9 Å². The third kappa shape index (κ3) is 5.99. The minimum Gasteiger partial charge on any atom is -0.391 e. The molecule has 1 atom stereocenters. The number of hydrogen-bond donors (Lipinski definition) is 2. The van der Waals surface area contributed by atoms with E-state index in [-0.39, 0.29) is 30.1 Å². The van der Waals surface area contributed by atoms with Gasteiger partial charge < -0.3 is 19.9 Å². The number of aryl methyl sites for hydroxylation is 1. The van der Waals surface area contributed by atoms with Crippen molar-refractivity contribution in [2.24, 2.45) is 18.0 Å². The number of aliphatic imine (C=N–C) groups is 1. The normalized spacial score (nSPS) is 17.5. The topological polar surface area (TPSA) is 52.8 Å². The van der Waals surface area contributed by atoms with Crippen LogP contribution in [-0.2, 0) is 13.6 Å². The van der Waals surface area contributed by atoms with Crippen LogP contribution in [0, 0.1) is 5.92 Å². The van der Waals surface area contributed by atoms with Gasteiger partial charge in [0.25, 0.3) is 0 Å². The molecule has 2 rings (SSSR count). The minimum atomic E-state index is -0.277. The Morgan fingerprint density at radius 2 is 2.13 bits per heavy atom. The Balaban J connectivity index is 0.00000264. The zero-order chi connectivity index (χ0) is 15.9. The summed E-state index contributed by atoms with van der Waals surface area (Å²) in [5, 5.41) is 13.7. The van der Waals surface area contributed by atoms with Gasteiger partial charge in [-0.1, -0.05) is 19.3 Å². The number of nitrogens with zero attached hydrogens (tertiary/aromatic N) is 3. The summed E-state index contributed by atoms with van der Waals surface area (Å²) in [5.74, 6) is 1.27. The van der Waals surface area contributed by atoms with Gasteiger partial charge in [0, 0.05) is 39.6 Å². The maximum atomic E-state index is 10.4. The molecule has 1 heterocycles. The van der Waals surface area contributed by atoms with Gasteiger partial charge in [-0.05, 0) is 30.9 Å². The van der Waals surface area contributed by atoms with Gasteiger partial charge in [0.1, 0.15) is 0 Å². The molecule has 0 amide bonds. The van der Waals surface area contributed by atoms with Crippen molar-refractivity contribution in [3.8, 4) is 0 Å². The lowest BCUT2D eigenvalue weighted by atomic mass is 9.85. The molecule has 0 radical (unpaired) electrons. The second-order valence-electron chi connectivity index (χ2n) is 6.36. The third-order valence-corrected chi connectivity index (χ3v) is 4.69. The number of guanidine groups is 1. The average Bonchev–Trinajstić information content (AvgIpc) is 2.93. The van der Waals surface area contributed by atoms with Gasteiger partial charge in [-0.25, -0.2) is 0 Å². The Morgan fingerprint density at radius 3 is 2.70 bits per heavy atom. The molecule has 0 bridgehead atoms. The molecule has 0 aromatic carbocycles. The van der Waals surface area contributed by atoms with Crippen molar-refractivity contribution in [1.29, 1.82) is 0 Å². The van der Waals surface area contributed by atoms with E-state index in [2.05, 4.69) is 25.8 Å². The van der Waals surface area contributed by atoms with Crippen molar-refractivity contribution in [3.05, 3.63) is 24.0 Å². The van der Waals surface area contributed by atoms with Gasteiger partial charge in [0.2, 0.25) is 0 Å². The number of rotatable bonds is 5. The number of nitrogens with one attached hydrogen (secondary N) is 1. The van der Waals surface area contributed by atoms with Gasteiger partial charge >= 0.3 is 0 Å². The molecule has 5 nitrogen and oxygen atoms in total. The van der Waals surface area contributed by atoms with E-state index in [1.165, 1.54) is 25.0 Å². The lowest BCUT2D eigenvalue weighted by Crippen LogP contribution is -2.44. The number of aliphatic hydroxyl groups excluding tert-OH is 1. The van der Waals surface area contributed by atoms with E-state index in [0.717, 1.165) is 25.3 Å². The summed E-state index contributed by atoms with van der Waals surface area (Å²) in [5.41, 5.74) is 1.23. The number of aromatic nitrogens is 1. The van der Waals surface area contributed by atoms with Gasteiger partial charge in [-0.2, -0.15) is 0 Å². The Hall–Kier alpha value is -0.760. The van der Waals surface area contributed by atoms with Crippen LogP contribution in [0.1, 0.15) is 37.8 Å². The molecule has 132 valence electrons. The van der Waals surface area contributed by atoms with Crippen molar-refractivity contribution in [1.82, 2.24) is 14.8 Å². The highest BCUT2D eigenvalue weighted by Gasteiger charge is 2.22. The average molecular weight is 434 g/mol. The second kappa shape index (κ2) is 10.2. The monoisotopic (exact) mass is 434 g/mol. The Morgan fingerprint density at radius 1 is 1.43 bits per heavy atom. The molecule has 1 unspecified atom stereocenters. The van der Waals surface area contributed by atoms with E-state index in [0.29, 0.717) is 12.5 Å². The van der Waals surface area contributed by atoms with Gasteiger partial charge in [0.05, 0.1) is 12.6 Å². The highest BCUT2D eigenvalue weighted by Crippen LogP contribution is 2.26. The molecule has 1 aliphatic rings. The zero-order valence-electron chi connectivity index (χ0n) is 14.5. The highest BCUT2D eigenvalue weighted by atomic mass is 127. The fraction of sp³-hybridized carbons (Fsp3) is 0.706. The largest absolute Gasteiger partial charge is 0.391 e. The van der Waals surface area contributed by atoms with E-state index in [1.54, 1.807) is 7.05 Å². The van der Waals surface area contributed by atoms with Crippen LogP contribution in [0.2, 0.25) is 0 Å². The first-order chi connectivity index (χ1) is 10.6. The summed E-state index contributed by atoms with van der Waals surface area (Å²) in [6, 6.07) is 4.16. The van der Waals surface area contributed by atoms with Crippen LogP contribution >= 0.6 is 24.0 Å². The molecule has 2 N–H and O–H groups in total. The van der Waals surface area contributed by atoms with Crippen molar-refractivity contribution in [3.63, 3.8) is 0 Å². The number of halogens is 1. The first-order valence-electron chi connectivity index (χ1n) is 8.32. The van der Waals surface area contributed by atoms with Crippen molar-refractivity contribution in [2.45, 2.75) is 44.8 Å². The van der Waals surface area contributed by atoms with Crippen LogP contribution in [0.4, 0.5) is 0 Å². The summed E-state index contributed by atoms with van der Waals surface area (Å²) in [6.45, 7) is 1.37. The van der Waals surface area contributed by atoms with Crippen LogP contribution < -0.4 is 5.32 Å². The van der Waals surface area contributed by atoms with Gasteiger partial charge in [0.15, 0.2) is 5.96 Å². The molecule has 23 heavy (non-hydrogen) atoms. The number of aliphatic hydroxyl groups is 1. The van der Waals surface area contributed by atoms with Crippen molar-refractivity contribution in [2.75, 3.05) is 20.6 Å².